The van der Waals surface area contributed by atoms with Crippen molar-refractivity contribution in [1.29, 1.82) is 0 Å². The first-order valence-corrected chi connectivity index (χ1v) is 7.07. The molecule has 0 aliphatic rings. The second-order valence-electron chi connectivity index (χ2n) is 5.11. The van der Waals surface area contributed by atoms with Gasteiger partial charge in [0.15, 0.2) is 0 Å². The summed E-state index contributed by atoms with van der Waals surface area (Å²) in [7, 11) is 0. The van der Waals surface area contributed by atoms with Crippen LogP contribution in [0, 0.1) is 13.8 Å². The molecule has 0 saturated carbocycles. The first-order chi connectivity index (χ1) is 11.1. The molecule has 3 heterocycles. The minimum absolute atomic E-state index is 0.233. The highest BCUT2D eigenvalue weighted by molar-refractivity contribution is 6.01. The number of furan rings is 1. The molecule has 3 aromatic rings. The van der Waals surface area contributed by atoms with E-state index in [1.54, 1.807) is 41.7 Å². The highest BCUT2D eigenvalue weighted by Crippen LogP contribution is 2.15. The number of carbonyl (C=O) groups excluding carboxylic acids is 1. The summed E-state index contributed by atoms with van der Waals surface area (Å²) in [6, 6.07) is 1.77. The van der Waals surface area contributed by atoms with Crippen LogP contribution in [0.15, 0.2) is 46.0 Å². The van der Waals surface area contributed by atoms with Gasteiger partial charge in [0.25, 0.3) is 0 Å². The van der Waals surface area contributed by atoms with Crippen molar-refractivity contribution in [3.63, 3.8) is 0 Å². The van der Waals surface area contributed by atoms with Gasteiger partial charge in [0, 0.05) is 23.4 Å². The summed E-state index contributed by atoms with van der Waals surface area (Å²) in [5.74, 6) is 0.537. The molecule has 0 aliphatic carbocycles. The Bertz CT molecular complexity index is 808. The number of hydrogen-bond acceptors (Lipinski definition) is 5. The lowest BCUT2D eigenvalue weighted by Crippen LogP contribution is -2.07. The second-order valence-corrected chi connectivity index (χ2v) is 5.11. The fraction of sp³-hybridized carbons (Fsp3) is 0.188. The Kier molecular flexibility index (Phi) is 4.09. The van der Waals surface area contributed by atoms with E-state index in [9.17, 15) is 4.79 Å². The minimum Gasteiger partial charge on any atom is -0.472 e. The van der Waals surface area contributed by atoms with Crippen molar-refractivity contribution in [3.8, 4) is 0 Å². The molecule has 23 heavy (non-hydrogen) atoms. The van der Waals surface area contributed by atoms with Gasteiger partial charge >= 0.3 is 0 Å². The molecule has 0 unspecified atom stereocenters. The van der Waals surface area contributed by atoms with Crippen molar-refractivity contribution in [2.24, 2.45) is 0 Å². The van der Waals surface area contributed by atoms with Crippen LogP contribution >= 0.6 is 0 Å². The Labute approximate surface area is 132 Å². The number of hydrogen-bond donors (Lipinski definition) is 1. The zero-order valence-electron chi connectivity index (χ0n) is 12.8. The maximum atomic E-state index is 11.9. The van der Waals surface area contributed by atoms with Crippen LogP contribution in [0.4, 0.5) is 5.69 Å². The third-order valence-electron chi connectivity index (χ3n) is 3.37. The maximum absolute atomic E-state index is 11.9. The fourth-order valence-corrected chi connectivity index (χ4v) is 2.13. The number of rotatable bonds is 5. The van der Waals surface area contributed by atoms with E-state index in [-0.39, 0.29) is 5.91 Å². The van der Waals surface area contributed by atoms with Gasteiger partial charge in [-0.1, -0.05) is 5.16 Å². The topological polar surface area (TPSA) is 86.1 Å². The summed E-state index contributed by atoms with van der Waals surface area (Å²) in [6.45, 7) is 4.29. The third-order valence-corrected chi connectivity index (χ3v) is 3.37. The normalized spacial score (nSPS) is 11.2. The van der Waals surface area contributed by atoms with Crippen LogP contribution in [-0.2, 0) is 11.3 Å². The zero-order valence-corrected chi connectivity index (χ0v) is 12.8. The highest BCUT2D eigenvalue weighted by atomic mass is 16.5. The van der Waals surface area contributed by atoms with Crippen molar-refractivity contribution in [3.05, 3.63) is 59.6 Å². The van der Waals surface area contributed by atoms with E-state index >= 15 is 0 Å². The molecule has 3 aromatic heterocycles. The Morgan fingerprint density at radius 1 is 1.43 bits per heavy atom. The van der Waals surface area contributed by atoms with Crippen molar-refractivity contribution in [2.45, 2.75) is 20.4 Å². The quantitative estimate of drug-likeness (QED) is 0.732. The Balaban J connectivity index is 1.62. The van der Waals surface area contributed by atoms with Crippen LogP contribution in [-0.4, -0.2) is 20.8 Å². The molecule has 7 nitrogen and oxygen atoms in total. The molecule has 0 aliphatic heterocycles. The molecule has 0 spiro atoms. The van der Waals surface area contributed by atoms with Gasteiger partial charge in [-0.15, -0.1) is 0 Å². The number of aromatic nitrogens is 3. The van der Waals surface area contributed by atoms with Crippen molar-refractivity contribution in [2.75, 3.05) is 5.32 Å². The summed E-state index contributed by atoms with van der Waals surface area (Å²) in [6.07, 6.45) is 9.59. The SMILES string of the molecule is Cc1noc(C)c1Cn1cc(NC(=O)/C=C/c2ccoc2)cn1. The molecule has 0 saturated heterocycles. The molecule has 0 bridgehead atoms. The first-order valence-electron chi connectivity index (χ1n) is 7.07. The van der Waals surface area contributed by atoms with Crippen molar-refractivity contribution >= 4 is 17.7 Å². The maximum Gasteiger partial charge on any atom is 0.248 e. The molecule has 0 fully saturated rings. The Hall–Kier alpha value is -3.09. The summed E-state index contributed by atoms with van der Waals surface area (Å²) >= 11 is 0. The molecular formula is C16H16N4O3. The zero-order chi connectivity index (χ0) is 16.2. The average Bonchev–Trinajstić information content (AvgIpc) is 3.24. The smallest absolute Gasteiger partial charge is 0.248 e. The van der Waals surface area contributed by atoms with Crippen LogP contribution in [0.5, 0.6) is 0 Å². The van der Waals surface area contributed by atoms with Crippen LogP contribution in [0.25, 0.3) is 6.08 Å². The monoisotopic (exact) mass is 312 g/mol. The number of amides is 1. The molecule has 118 valence electrons. The van der Waals surface area contributed by atoms with E-state index in [1.807, 2.05) is 13.8 Å². The fourth-order valence-electron chi connectivity index (χ4n) is 2.13. The number of anilines is 1. The van der Waals surface area contributed by atoms with Gasteiger partial charge in [0.1, 0.15) is 5.76 Å². The molecule has 1 N–H and O–H groups in total. The first kappa shape index (κ1) is 14.8. The van der Waals surface area contributed by atoms with E-state index < -0.39 is 0 Å². The van der Waals surface area contributed by atoms with Gasteiger partial charge in [0.05, 0.1) is 36.6 Å². The van der Waals surface area contributed by atoms with E-state index in [0.717, 1.165) is 22.6 Å². The van der Waals surface area contributed by atoms with Crippen LogP contribution in [0.3, 0.4) is 0 Å². The predicted octanol–water partition coefficient (Wildman–Crippen LogP) is 2.78. The van der Waals surface area contributed by atoms with Gasteiger partial charge in [-0.25, -0.2) is 0 Å². The lowest BCUT2D eigenvalue weighted by Gasteiger charge is -2.00. The van der Waals surface area contributed by atoms with E-state index in [2.05, 4.69) is 15.6 Å². The second kappa shape index (κ2) is 6.35. The number of nitrogens with zero attached hydrogens (tertiary/aromatic N) is 3. The average molecular weight is 312 g/mol. The van der Waals surface area contributed by atoms with Crippen LogP contribution in [0.2, 0.25) is 0 Å². The van der Waals surface area contributed by atoms with E-state index in [4.69, 9.17) is 8.94 Å². The third kappa shape index (κ3) is 3.57. The summed E-state index contributed by atoms with van der Waals surface area (Å²) in [5, 5.41) is 10.9. The molecule has 7 heteroatoms. The molecule has 0 radical (unpaired) electrons. The van der Waals surface area contributed by atoms with Crippen molar-refractivity contribution < 1.29 is 13.7 Å². The van der Waals surface area contributed by atoms with Gasteiger partial charge < -0.3 is 14.3 Å². The summed E-state index contributed by atoms with van der Waals surface area (Å²) in [5.41, 5.74) is 3.28. The van der Waals surface area contributed by atoms with Crippen LogP contribution < -0.4 is 5.32 Å². The van der Waals surface area contributed by atoms with Gasteiger partial charge in [0.2, 0.25) is 5.91 Å². The lowest BCUT2D eigenvalue weighted by atomic mass is 10.2. The van der Waals surface area contributed by atoms with Gasteiger partial charge in [-0.05, 0) is 26.0 Å². The highest BCUT2D eigenvalue weighted by Gasteiger charge is 2.10. The Morgan fingerprint density at radius 2 is 2.30 bits per heavy atom. The number of carbonyl (C=O) groups is 1. The number of aryl methyl sites for hydroxylation is 2. The van der Waals surface area contributed by atoms with Crippen LogP contribution in [0.1, 0.15) is 22.6 Å². The van der Waals surface area contributed by atoms with E-state index in [1.165, 1.54) is 6.08 Å². The lowest BCUT2D eigenvalue weighted by molar-refractivity contribution is -0.111. The number of nitrogens with one attached hydrogen (secondary N) is 1. The minimum atomic E-state index is -0.233. The standard InChI is InChI=1S/C16H16N4O3/c1-11-15(12(2)23-19-11)9-20-8-14(7-17-20)18-16(21)4-3-13-5-6-22-10-13/h3-8,10H,9H2,1-2H3,(H,18,21)/b4-3+. The largest absolute Gasteiger partial charge is 0.472 e. The molecule has 1 amide bonds. The molecule has 3 rings (SSSR count). The summed E-state index contributed by atoms with van der Waals surface area (Å²) in [4.78, 5) is 11.9. The molecule has 0 aromatic carbocycles. The predicted molar refractivity (Wildman–Crippen MR) is 83.7 cm³/mol. The molecular weight excluding hydrogens is 296 g/mol. The summed E-state index contributed by atoms with van der Waals surface area (Å²) < 4.78 is 11.8. The van der Waals surface area contributed by atoms with E-state index in [0.29, 0.717) is 12.2 Å². The van der Waals surface area contributed by atoms with Gasteiger partial charge in [-0.2, -0.15) is 5.10 Å². The Morgan fingerprint density at radius 3 is 3.00 bits per heavy atom. The van der Waals surface area contributed by atoms with Crippen molar-refractivity contribution in [1.82, 2.24) is 14.9 Å². The molecule has 0 atom stereocenters. The van der Waals surface area contributed by atoms with Gasteiger partial charge in [-0.3, -0.25) is 9.48 Å².